The van der Waals surface area contributed by atoms with Gasteiger partial charge in [-0.15, -0.1) is 10.2 Å². The van der Waals surface area contributed by atoms with Crippen molar-refractivity contribution in [2.75, 3.05) is 31.8 Å². The van der Waals surface area contributed by atoms with Crippen LogP contribution in [0.5, 0.6) is 0 Å². The van der Waals surface area contributed by atoms with Crippen molar-refractivity contribution in [3.8, 4) is 0 Å². The third kappa shape index (κ3) is 6.13. The zero-order valence-electron chi connectivity index (χ0n) is 18.1. The number of nitrogens with one attached hydrogen (secondary N) is 2. The molecule has 2 amide bonds. The summed E-state index contributed by atoms with van der Waals surface area (Å²) >= 11 is 1.42. The van der Waals surface area contributed by atoms with Gasteiger partial charge in [0.25, 0.3) is 0 Å². The summed E-state index contributed by atoms with van der Waals surface area (Å²) in [6, 6.07) is 0.647. The molecular weight excluding hydrogens is 436 g/mol. The second-order valence-corrected chi connectivity index (χ2v) is 8.73. The minimum Gasteiger partial charge on any atom is -0.324 e. The number of allylic oxidation sites excluding steroid dienone is 1. The predicted molar refractivity (Wildman–Crippen MR) is 123 cm³/mol. The molecule has 0 unspecified atom stereocenters. The van der Waals surface area contributed by atoms with E-state index >= 15 is 0 Å². The van der Waals surface area contributed by atoms with Gasteiger partial charge in [0.2, 0.25) is 0 Å². The molecule has 0 spiro atoms. The highest BCUT2D eigenvalue weighted by Crippen LogP contribution is 2.24. The van der Waals surface area contributed by atoms with E-state index in [0.717, 1.165) is 10.6 Å². The number of rotatable bonds is 8. The van der Waals surface area contributed by atoms with E-state index in [1.165, 1.54) is 11.3 Å². The summed E-state index contributed by atoms with van der Waals surface area (Å²) < 4.78 is 25.4. The van der Waals surface area contributed by atoms with Gasteiger partial charge in [0.15, 0.2) is 5.01 Å². The smallest absolute Gasteiger partial charge is 0.323 e. The molecule has 11 heteroatoms. The maximum atomic E-state index is 12.7. The summed E-state index contributed by atoms with van der Waals surface area (Å²) in [7, 11) is 0. The number of urea groups is 1. The number of alkyl halides is 2. The molecule has 0 saturated carbocycles. The fourth-order valence-electron chi connectivity index (χ4n) is 3.31. The molecule has 0 aromatic carbocycles. The molecule has 0 atom stereocenters. The number of amides is 2. The van der Waals surface area contributed by atoms with Crippen LogP contribution in [0.2, 0.25) is 0 Å². The van der Waals surface area contributed by atoms with Crippen LogP contribution in [0.1, 0.15) is 28.4 Å². The molecule has 8 nitrogen and oxygen atoms in total. The maximum absolute atomic E-state index is 12.7. The summed E-state index contributed by atoms with van der Waals surface area (Å²) in [5.74, 6) is 0.381. The van der Waals surface area contributed by atoms with E-state index in [2.05, 4.69) is 37.4 Å². The molecule has 2 N–H and O–H groups in total. The highest BCUT2D eigenvalue weighted by atomic mass is 32.1. The largest absolute Gasteiger partial charge is 0.324 e. The van der Waals surface area contributed by atoms with Crippen LogP contribution in [0.4, 0.5) is 25.1 Å². The third-order valence-corrected chi connectivity index (χ3v) is 5.98. The van der Waals surface area contributed by atoms with E-state index in [1.807, 2.05) is 13.8 Å². The lowest BCUT2D eigenvalue weighted by Gasteiger charge is -2.33. The Morgan fingerprint density at radius 3 is 2.66 bits per heavy atom. The quantitative estimate of drug-likeness (QED) is 0.582. The monoisotopic (exact) mass is 463 g/mol. The Bertz CT molecular complexity index is 969. The number of anilines is 1. The fraction of sp³-hybridized carbons (Fsp3) is 0.476. The first kappa shape index (κ1) is 23.9. The molecule has 0 bridgehead atoms. The van der Waals surface area contributed by atoms with Crippen molar-refractivity contribution in [1.29, 1.82) is 0 Å². The number of halogens is 2. The van der Waals surface area contributed by atoms with Crippen molar-refractivity contribution in [2.24, 2.45) is 4.99 Å². The van der Waals surface area contributed by atoms with Crippen LogP contribution in [-0.2, 0) is 0 Å². The molecule has 2 aromatic heterocycles. The number of pyridine rings is 1. The molecule has 3 heterocycles. The van der Waals surface area contributed by atoms with Crippen LogP contribution in [0.3, 0.4) is 0 Å². The highest BCUT2D eigenvalue weighted by Gasteiger charge is 2.25. The standard InChI is InChI=1S/C21H27F2N7OS/c1-4-17(20-29-28-14(3)32-20)26-18-9-19(24-12-13(18)2)27-21(31)30-7-5-15(6-8-30)25-16(10-22)11-23/h4,9,12,15-16,25H,1,5-8,10-11H2,2-3H3,(H,24,27,31)/b26-17+. The van der Waals surface area contributed by atoms with Crippen LogP contribution < -0.4 is 10.6 Å². The number of aromatic nitrogens is 3. The van der Waals surface area contributed by atoms with Crippen molar-refractivity contribution in [3.63, 3.8) is 0 Å². The van der Waals surface area contributed by atoms with E-state index in [1.54, 1.807) is 23.2 Å². The molecule has 0 aliphatic carbocycles. The Hall–Kier alpha value is -2.79. The molecular formula is C21H27F2N7OS. The maximum Gasteiger partial charge on any atom is 0.323 e. The minimum absolute atomic E-state index is 0.00435. The SMILES string of the molecule is C=C/C(=N\c1cc(NC(=O)N2CCC(NC(CF)CF)CC2)ncc1C)c1nnc(C)s1. The number of aliphatic imine (C=N–C) groups is 1. The van der Waals surface area contributed by atoms with E-state index in [9.17, 15) is 13.6 Å². The van der Waals surface area contributed by atoms with Crippen LogP contribution >= 0.6 is 11.3 Å². The summed E-state index contributed by atoms with van der Waals surface area (Å²) in [4.78, 5) is 23.3. The van der Waals surface area contributed by atoms with Crippen LogP contribution in [-0.4, -0.2) is 70.3 Å². The van der Waals surface area contributed by atoms with Gasteiger partial charge in [-0.25, -0.2) is 23.6 Å². The van der Waals surface area contributed by atoms with Gasteiger partial charge < -0.3 is 10.2 Å². The molecule has 1 saturated heterocycles. The van der Waals surface area contributed by atoms with Gasteiger partial charge in [-0.2, -0.15) is 0 Å². The lowest BCUT2D eigenvalue weighted by atomic mass is 10.0. The van der Waals surface area contributed by atoms with Crippen LogP contribution in [0, 0.1) is 13.8 Å². The Morgan fingerprint density at radius 1 is 1.34 bits per heavy atom. The van der Waals surface area contributed by atoms with Crippen LogP contribution in [0.15, 0.2) is 29.9 Å². The first-order valence-corrected chi connectivity index (χ1v) is 11.2. The normalized spacial score (nSPS) is 15.3. The zero-order chi connectivity index (χ0) is 23.1. The van der Waals surface area contributed by atoms with Gasteiger partial charge in [-0.3, -0.25) is 5.32 Å². The van der Waals surface area contributed by atoms with Crippen molar-refractivity contribution in [2.45, 2.75) is 38.8 Å². The number of nitrogens with zero attached hydrogens (tertiary/aromatic N) is 5. The van der Waals surface area contributed by atoms with E-state index in [4.69, 9.17) is 0 Å². The van der Waals surface area contributed by atoms with Gasteiger partial charge in [0.05, 0.1) is 11.7 Å². The lowest BCUT2D eigenvalue weighted by molar-refractivity contribution is 0.179. The molecule has 1 aliphatic heterocycles. The van der Waals surface area contributed by atoms with E-state index < -0.39 is 19.4 Å². The lowest BCUT2D eigenvalue weighted by Crippen LogP contribution is -2.49. The summed E-state index contributed by atoms with van der Waals surface area (Å²) in [6.07, 6.45) is 4.52. The molecule has 1 fully saturated rings. The molecule has 172 valence electrons. The first-order chi connectivity index (χ1) is 15.4. The number of piperidine rings is 1. The summed E-state index contributed by atoms with van der Waals surface area (Å²) in [5, 5.41) is 15.4. The average molecular weight is 464 g/mol. The second-order valence-electron chi connectivity index (χ2n) is 7.55. The predicted octanol–water partition coefficient (Wildman–Crippen LogP) is 3.75. The molecule has 0 radical (unpaired) electrons. The highest BCUT2D eigenvalue weighted by molar-refractivity contribution is 7.13. The van der Waals surface area contributed by atoms with Crippen molar-refractivity contribution in [1.82, 2.24) is 25.4 Å². The molecule has 1 aliphatic rings. The number of hydrogen-bond acceptors (Lipinski definition) is 7. The number of hydrogen-bond donors (Lipinski definition) is 2. The fourth-order valence-corrected chi connectivity index (χ4v) is 3.99. The average Bonchev–Trinajstić information content (AvgIpc) is 3.24. The first-order valence-electron chi connectivity index (χ1n) is 10.4. The number of likely N-dealkylation sites (tertiary alicyclic amines) is 1. The zero-order valence-corrected chi connectivity index (χ0v) is 19.0. The van der Waals surface area contributed by atoms with Gasteiger partial charge in [0.1, 0.15) is 29.9 Å². The van der Waals surface area contributed by atoms with E-state index in [-0.39, 0.29) is 12.1 Å². The Kier molecular flexibility index (Phi) is 8.34. The topological polar surface area (TPSA) is 95.4 Å². The Labute approximate surface area is 189 Å². The van der Waals surface area contributed by atoms with Gasteiger partial charge in [-0.05, 0) is 38.3 Å². The minimum atomic E-state index is -0.777. The second kappa shape index (κ2) is 11.2. The Morgan fingerprint density at radius 2 is 2.06 bits per heavy atom. The van der Waals surface area contributed by atoms with Gasteiger partial charge in [0, 0.05) is 31.4 Å². The van der Waals surface area contributed by atoms with Gasteiger partial charge in [-0.1, -0.05) is 17.9 Å². The number of carbonyl (C=O) groups is 1. The summed E-state index contributed by atoms with van der Waals surface area (Å²) in [6.45, 7) is 7.05. The van der Waals surface area contributed by atoms with Crippen molar-refractivity contribution in [3.05, 3.63) is 40.5 Å². The van der Waals surface area contributed by atoms with Crippen molar-refractivity contribution >= 4 is 34.6 Å². The van der Waals surface area contributed by atoms with Crippen molar-refractivity contribution < 1.29 is 13.6 Å². The summed E-state index contributed by atoms with van der Waals surface area (Å²) in [5.41, 5.74) is 2.08. The van der Waals surface area contributed by atoms with Crippen LogP contribution in [0.25, 0.3) is 0 Å². The number of carbonyl (C=O) groups excluding carboxylic acids is 1. The third-order valence-electron chi connectivity index (χ3n) is 5.12. The molecule has 3 rings (SSSR count). The molecule has 2 aromatic rings. The number of aryl methyl sites for hydroxylation is 2. The van der Waals surface area contributed by atoms with E-state index in [0.29, 0.717) is 48.2 Å². The molecule has 32 heavy (non-hydrogen) atoms. The Balaban J connectivity index is 1.64. The van der Waals surface area contributed by atoms with Gasteiger partial charge >= 0.3 is 6.03 Å².